The van der Waals surface area contributed by atoms with Crippen LogP contribution in [0.25, 0.3) is 0 Å². The van der Waals surface area contributed by atoms with Crippen LogP contribution >= 0.6 is 0 Å². The summed E-state index contributed by atoms with van der Waals surface area (Å²) in [6.07, 6.45) is 1.87. The van der Waals surface area contributed by atoms with E-state index in [4.69, 9.17) is 0 Å². The fourth-order valence-electron chi connectivity index (χ4n) is 1.47. The Morgan fingerprint density at radius 3 is 2.62 bits per heavy atom. The Labute approximate surface area is 79.8 Å². The quantitative estimate of drug-likeness (QED) is 0.647. The van der Waals surface area contributed by atoms with E-state index in [1.807, 2.05) is 6.92 Å². The fourth-order valence-corrected chi connectivity index (χ4v) is 1.47. The molecule has 0 aliphatic heterocycles. The Morgan fingerprint density at radius 2 is 2.08 bits per heavy atom. The van der Waals surface area contributed by atoms with Crippen LogP contribution in [0.5, 0.6) is 0 Å². The highest BCUT2D eigenvalue weighted by atomic mass is 16.1. The van der Waals surface area contributed by atoms with E-state index in [0.29, 0.717) is 0 Å². The molecule has 0 unspecified atom stereocenters. The van der Waals surface area contributed by atoms with Gasteiger partial charge >= 0.3 is 0 Å². The van der Waals surface area contributed by atoms with Crippen molar-refractivity contribution in [2.75, 3.05) is 0 Å². The summed E-state index contributed by atoms with van der Waals surface area (Å²) in [6, 6.07) is 6.37. The second-order valence-electron chi connectivity index (χ2n) is 3.75. The minimum Gasteiger partial charge on any atom is -0.303 e. The van der Waals surface area contributed by atoms with Gasteiger partial charge in [0.15, 0.2) is 0 Å². The predicted molar refractivity (Wildman–Crippen MR) is 54.8 cm³/mol. The first kappa shape index (κ1) is 9.97. The van der Waals surface area contributed by atoms with Gasteiger partial charge in [0.1, 0.15) is 6.29 Å². The second kappa shape index (κ2) is 4.22. The molecule has 0 aliphatic carbocycles. The molecule has 1 rings (SSSR count). The molecular weight excluding hydrogens is 160 g/mol. The van der Waals surface area contributed by atoms with E-state index in [0.717, 1.165) is 12.7 Å². The number of benzene rings is 1. The SMILES string of the molecule is Cc1ccc(C[C@H](C)C=O)c(C)c1. The van der Waals surface area contributed by atoms with Crippen molar-refractivity contribution in [2.24, 2.45) is 5.92 Å². The molecule has 0 N–H and O–H groups in total. The van der Waals surface area contributed by atoms with Crippen LogP contribution in [0, 0.1) is 19.8 Å². The molecule has 0 aliphatic rings. The molecule has 0 bridgehead atoms. The Hall–Kier alpha value is -1.11. The van der Waals surface area contributed by atoms with Gasteiger partial charge in [0.2, 0.25) is 0 Å². The summed E-state index contributed by atoms with van der Waals surface area (Å²) < 4.78 is 0. The van der Waals surface area contributed by atoms with Crippen molar-refractivity contribution >= 4 is 6.29 Å². The van der Waals surface area contributed by atoms with Gasteiger partial charge in [0, 0.05) is 5.92 Å². The molecule has 70 valence electrons. The molecule has 1 heteroatoms. The lowest BCUT2D eigenvalue weighted by Gasteiger charge is -2.08. The van der Waals surface area contributed by atoms with E-state index in [9.17, 15) is 4.79 Å². The van der Waals surface area contributed by atoms with E-state index in [2.05, 4.69) is 32.0 Å². The average molecular weight is 176 g/mol. The summed E-state index contributed by atoms with van der Waals surface area (Å²) in [7, 11) is 0. The number of carbonyl (C=O) groups excluding carboxylic acids is 1. The highest BCUT2D eigenvalue weighted by Crippen LogP contribution is 2.13. The van der Waals surface area contributed by atoms with Gasteiger partial charge in [-0.2, -0.15) is 0 Å². The minimum atomic E-state index is 0.126. The van der Waals surface area contributed by atoms with E-state index in [1.54, 1.807) is 0 Å². The highest BCUT2D eigenvalue weighted by molar-refractivity contribution is 5.54. The van der Waals surface area contributed by atoms with Gasteiger partial charge in [-0.25, -0.2) is 0 Å². The third kappa shape index (κ3) is 2.69. The van der Waals surface area contributed by atoms with Gasteiger partial charge in [0.25, 0.3) is 0 Å². The summed E-state index contributed by atoms with van der Waals surface area (Å²) >= 11 is 0. The van der Waals surface area contributed by atoms with Crippen LogP contribution in [0.1, 0.15) is 23.6 Å². The molecule has 0 heterocycles. The summed E-state index contributed by atoms with van der Waals surface area (Å²) in [6.45, 7) is 6.13. The third-order valence-corrected chi connectivity index (χ3v) is 2.27. The first-order valence-corrected chi connectivity index (χ1v) is 4.65. The molecular formula is C12H16O. The zero-order valence-electron chi connectivity index (χ0n) is 8.50. The lowest BCUT2D eigenvalue weighted by Crippen LogP contribution is -2.02. The summed E-state index contributed by atoms with van der Waals surface area (Å²) in [5, 5.41) is 0. The number of hydrogen-bond donors (Lipinski definition) is 0. The summed E-state index contributed by atoms with van der Waals surface area (Å²) in [5.74, 6) is 0.126. The fraction of sp³-hybridized carbons (Fsp3) is 0.417. The molecule has 0 radical (unpaired) electrons. The standard InChI is InChI=1S/C12H16O/c1-9-4-5-12(11(3)6-9)7-10(2)8-13/h4-6,8,10H,7H2,1-3H3/t10-/m0/s1. The molecule has 1 aromatic carbocycles. The predicted octanol–water partition coefficient (Wildman–Crippen LogP) is 2.68. The van der Waals surface area contributed by atoms with Crippen molar-refractivity contribution in [3.8, 4) is 0 Å². The molecule has 0 aromatic heterocycles. The number of aryl methyl sites for hydroxylation is 2. The van der Waals surface area contributed by atoms with E-state index in [1.165, 1.54) is 16.7 Å². The maximum Gasteiger partial charge on any atom is 0.123 e. The van der Waals surface area contributed by atoms with Crippen molar-refractivity contribution < 1.29 is 4.79 Å². The van der Waals surface area contributed by atoms with Crippen LogP contribution in [-0.2, 0) is 11.2 Å². The Morgan fingerprint density at radius 1 is 1.38 bits per heavy atom. The van der Waals surface area contributed by atoms with Crippen LogP contribution in [-0.4, -0.2) is 6.29 Å². The van der Waals surface area contributed by atoms with Gasteiger partial charge in [-0.05, 0) is 31.4 Å². The van der Waals surface area contributed by atoms with Crippen molar-refractivity contribution in [3.63, 3.8) is 0 Å². The number of aldehydes is 1. The first-order chi connectivity index (χ1) is 6.13. The van der Waals surface area contributed by atoms with Crippen LogP contribution in [0.4, 0.5) is 0 Å². The van der Waals surface area contributed by atoms with Crippen LogP contribution < -0.4 is 0 Å². The monoisotopic (exact) mass is 176 g/mol. The van der Waals surface area contributed by atoms with E-state index >= 15 is 0 Å². The smallest absolute Gasteiger partial charge is 0.123 e. The summed E-state index contributed by atoms with van der Waals surface area (Å²) in [4.78, 5) is 10.5. The molecule has 1 aromatic rings. The van der Waals surface area contributed by atoms with Crippen molar-refractivity contribution in [1.29, 1.82) is 0 Å². The van der Waals surface area contributed by atoms with E-state index in [-0.39, 0.29) is 5.92 Å². The molecule has 13 heavy (non-hydrogen) atoms. The molecule has 1 atom stereocenters. The van der Waals surface area contributed by atoms with Gasteiger partial charge in [-0.15, -0.1) is 0 Å². The minimum absolute atomic E-state index is 0.126. The number of rotatable bonds is 3. The molecule has 0 saturated heterocycles. The molecule has 0 spiro atoms. The average Bonchev–Trinajstić information content (AvgIpc) is 2.09. The molecule has 0 amide bonds. The molecule has 1 nitrogen and oxygen atoms in total. The van der Waals surface area contributed by atoms with Gasteiger partial charge in [-0.3, -0.25) is 0 Å². The second-order valence-corrected chi connectivity index (χ2v) is 3.75. The largest absolute Gasteiger partial charge is 0.303 e. The van der Waals surface area contributed by atoms with Crippen molar-refractivity contribution in [2.45, 2.75) is 27.2 Å². The molecule has 0 saturated carbocycles. The lowest BCUT2D eigenvalue weighted by molar-refractivity contribution is -0.110. The van der Waals surface area contributed by atoms with Crippen LogP contribution in [0.2, 0.25) is 0 Å². The van der Waals surface area contributed by atoms with Crippen LogP contribution in [0.3, 0.4) is 0 Å². The molecule has 0 fully saturated rings. The Balaban J connectivity index is 2.83. The number of hydrogen-bond acceptors (Lipinski definition) is 1. The van der Waals surface area contributed by atoms with E-state index < -0.39 is 0 Å². The topological polar surface area (TPSA) is 17.1 Å². The normalized spacial score (nSPS) is 12.5. The maximum absolute atomic E-state index is 10.5. The summed E-state index contributed by atoms with van der Waals surface area (Å²) in [5.41, 5.74) is 3.85. The van der Waals surface area contributed by atoms with Crippen molar-refractivity contribution in [3.05, 3.63) is 34.9 Å². The van der Waals surface area contributed by atoms with Gasteiger partial charge in [-0.1, -0.05) is 30.7 Å². The zero-order valence-corrected chi connectivity index (χ0v) is 8.50. The van der Waals surface area contributed by atoms with Crippen molar-refractivity contribution in [1.82, 2.24) is 0 Å². The third-order valence-electron chi connectivity index (χ3n) is 2.27. The Bertz CT molecular complexity index is 302. The lowest BCUT2D eigenvalue weighted by atomic mass is 9.97. The van der Waals surface area contributed by atoms with Gasteiger partial charge < -0.3 is 4.79 Å². The zero-order chi connectivity index (χ0) is 9.84. The number of carbonyl (C=O) groups is 1. The highest BCUT2D eigenvalue weighted by Gasteiger charge is 2.03. The first-order valence-electron chi connectivity index (χ1n) is 4.65. The Kier molecular flexibility index (Phi) is 3.24. The van der Waals surface area contributed by atoms with Gasteiger partial charge in [0.05, 0.1) is 0 Å². The van der Waals surface area contributed by atoms with Crippen LogP contribution in [0.15, 0.2) is 18.2 Å². The maximum atomic E-state index is 10.5.